The van der Waals surface area contributed by atoms with Gasteiger partial charge in [-0.1, -0.05) is 34.6 Å². The summed E-state index contributed by atoms with van der Waals surface area (Å²) in [7, 11) is 0. The summed E-state index contributed by atoms with van der Waals surface area (Å²) in [6.07, 6.45) is 2.52. The summed E-state index contributed by atoms with van der Waals surface area (Å²) in [4.78, 5) is 0. The van der Waals surface area contributed by atoms with Gasteiger partial charge in [0.2, 0.25) is 0 Å². The molecule has 1 atom stereocenters. The second-order valence-corrected chi connectivity index (χ2v) is 4.43. The van der Waals surface area contributed by atoms with Crippen molar-refractivity contribution in [3.8, 4) is 0 Å². The molecule has 0 aromatic carbocycles. The van der Waals surface area contributed by atoms with Crippen molar-refractivity contribution >= 4 is 0 Å². The van der Waals surface area contributed by atoms with E-state index in [0.29, 0.717) is 11.5 Å². The monoisotopic (exact) mass is 157 g/mol. The SMILES string of the molecule is CCNC(CC)CC(C)(C)C. The normalized spacial score (nSPS) is 15.0. The van der Waals surface area contributed by atoms with Gasteiger partial charge in [0.1, 0.15) is 0 Å². The van der Waals surface area contributed by atoms with Crippen molar-refractivity contribution in [2.24, 2.45) is 5.41 Å². The molecule has 1 heteroatoms. The van der Waals surface area contributed by atoms with E-state index in [1.54, 1.807) is 0 Å². The highest BCUT2D eigenvalue weighted by Crippen LogP contribution is 2.21. The predicted octanol–water partition coefficient (Wildman–Crippen LogP) is 2.81. The first-order chi connectivity index (χ1) is 4.99. The van der Waals surface area contributed by atoms with E-state index in [2.05, 4.69) is 39.9 Å². The van der Waals surface area contributed by atoms with E-state index >= 15 is 0 Å². The highest BCUT2D eigenvalue weighted by Gasteiger charge is 2.15. The van der Waals surface area contributed by atoms with Crippen molar-refractivity contribution in [1.82, 2.24) is 5.32 Å². The summed E-state index contributed by atoms with van der Waals surface area (Å²) >= 11 is 0. The molecule has 0 spiro atoms. The Balaban J connectivity index is 3.68. The predicted molar refractivity (Wildman–Crippen MR) is 51.8 cm³/mol. The third-order valence-electron chi connectivity index (χ3n) is 1.84. The highest BCUT2D eigenvalue weighted by atomic mass is 14.9. The molecule has 0 saturated heterocycles. The van der Waals surface area contributed by atoms with Crippen LogP contribution in [0.25, 0.3) is 0 Å². The van der Waals surface area contributed by atoms with Gasteiger partial charge in [0, 0.05) is 6.04 Å². The Kier molecular flexibility index (Phi) is 4.74. The molecule has 0 aromatic heterocycles. The number of hydrogen-bond donors (Lipinski definition) is 1. The summed E-state index contributed by atoms with van der Waals surface area (Å²) in [5, 5.41) is 3.49. The molecule has 0 aromatic rings. The first-order valence-electron chi connectivity index (χ1n) is 4.73. The van der Waals surface area contributed by atoms with Crippen molar-refractivity contribution in [2.45, 2.75) is 53.5 Å². The van der Waals surface area contributed by atoms with Crippen LogP contribution in [0.4, 0.5) is 0 Å². The first kappa shape index (κ1) is 11.0. The van der Waals surface area contributed by atoms with E-state index in [1.807, 2.05) is 0 Å². The van der Waals surface area contributed by atoms with E-state index in [4.69, 9.17) is 0 Å². The van der Waals surface area contributed by atoms with Gasteiger partial charge in [0.05, 0.1) is 0 Å². The van der Waals surface area contributed by atoms with Crippen LogP contribution in [0, 0.1) is 5.41 Å². The Morgan fingerprint density at radius 3 is 2.00 bits per heavy atom. The van der Waals surface area contributed by atoms with Gasteiger partial charge in [-0.3, -0.25) is 0 Å². The van der Waals surface area contributed by atoms with Crippen molar-refractivity contribution < 1.29 is 0 Å². The molecule has 0 aliphatic carbocycles. The quantitative estimate of drug-likeness (QED) is 0.661. The second kappa shape index (κ2) is 4.76. The van der Waals surface area contributed by atoms with Gasteiger partial charge in [0.15, 0.2) is 0 Å². The Bertz CT molecular complexity index is 91.5. The molecule has 68 valence electrons. The van der Waals surface area contributed by atoms with E-state index < -0.39 is 0 Å². The molecular weight excluding hydrogens is 134 g/mol. The lowest BCUT2D eigenvalue weighted by Gasteiger charge is -2.25. The zero-order chi connectivity index (χ0) is 8.91. The lowest BCUT2D eigenvalue weighted by molar-refractivity contribution is 0.306. The summed E-state index contributed by atoms with van der Waals surface area (Å²) in [5.41, 5.74) is 0.461. The molecule has 0 heterocycles. The second-order valence-electron chi connectivity index (χ2n) is 4.43. The molecule has 1 unspecified atom stereocenters. The average Bonchev–Trinajstić information content (AvgIpc) is 1.84. The van der Waals surface area contributed by atoms with Crippen LogP contribution < -0.4 is 5.32 Å². The molecule has 1 N–H and O–H groups in total. The lowest BCUT2D eigenvalue weighted by atomic mass is 9.87. The van der Waals surface area contributed by atoms with Crippen LogP contribution in [-0.4, -0.2) is 12.6 Å². The zero-order valence-corrected chi connectivity index (χ0v) is 8.70. The van der Waals surface area contributed by atoms with Crippen LogP contribution in [0.3, 0.4) is 0 Å². The Morgan fingerprint density at radius 2 is 1.73 bits per heavy atom. The number of hydrogen-bond acceptors (Lipinski definition) is 1. The maximum atomic E-state index is 3.49. The first-order valence-corrected chi connectivity index (χ1v) is 4.73. The fraction of sp³-hybridized carbons (Fsp3) is 1.00. The molecule has 0 amide bonds. The van der Waals surface area contributed by atoms with E-state index in [1.165, 1.54) is 12.8 Å². The molecule has 0 aliphatic heterocycles. The molecule has 0 rings (SSSR count). The Labute approximate surface area is 71.6 Å². The maximum absolute atomic E-state index is 3.49. The van der Waals surface area contributed by atoms with Crippen LogP contribution in [0.1, 0.15) is 47.5 Å². The van der Waals surface area contributed by atoms with E-state index in [-0.39, 0.29) is 0 Å². The molecule has 0 aliphatic rings. The Hall–Kier alpha value is -0.0400. The summed E-state index contributed by atoms with van der Waals surface area (Å²) in [5.74, 6) is 0. The topological polar surface area (TPSA) is 12.0 Å². The van der Waals surface area contributed by atoms with Gasteiger partial charge in [-0.2, -0.15) is 0 Å². The Morgan fingerprint density at radius 1 is 1.18 bits per heavy atom. The van der Waals surface area contributed by atoms with Crippen molar-refractivity contribution in [1.29, 1.82) is 0 Å². The largest absolute Gasteiger partial charge is 0.314 e. The van der Waals surface area contributed by atoms with Crippen molar-refractivity contribution in [3.05, 3.63) is 0 Å². The molecular formula is C10H23N. The van der Waals surface area contributed by atoms with Crippen LogP contribution in [-0.2, 0) is 0 Å². The molecule has 11 heavy (non-hydrogen) atoms. The van der Waals surface area contributed by atoms with Crippen LogP contribution >= 0.6 is 0 Å². The molecule has 0 radical (unpaired) electrons. The fourth-order valence-electron chi connectivity index (χ4n) is 1.39. The number of rotatable bonds is 4. The summed E-state index contributed by atoms with van der Waals surface area (Å²) < 4.78 is 0. The smallest absolute Gasteiger partial charge is 0.00693 e. The summed E-state index contributed by atoms with van der Waals surface area (Å²) in [6.45, 7) is 12.4. The van der Waals surface area contributed by atoms with Gasteiger partial charge in [-0.05, 0) is 24.8 Å². The van der Waals surface area contributed by atoms with Gasteiger partial charge < -0.3 is 5.32 Å². The zero-order valence-electron chi connectivity index (χ0n) is 8.70. The van der Waals surface area contributed by atoms with Crippen molar-refractivity contribution in [3.63, 3.8) is 0 Å². The van der Waals surface area contributed by atoms with E-state index in [9.17, 15) is 0 Å². The molecule has 1 nitrogen and oxygen atoms in total. The van der Waals surface area contributed by atoms with Gasteiger partial charge in [-0.25, -0.2) is 0 Å². The average molecular weight is 157 g/mol. The molecule has 0 bridgehead atoms. The minimum absolute atomic E-state index is 0.461. The minimum atomic E-state index is 0.461. The lowest BCUT2D eigenvalue weighted by Crippen LogP contribution is -2.32. The summed E-state index contributed by atoms with van der Waals surface area (Å²) in [6, 6.07) is 0.708. The number of nitrogens with one attached hydrogen (secondary N) is 1. The molecule has 0 saturated carbocycles. The van der Waals surface area contributed by atoms with Crippen LogP contribution in [0.2, 0.25) is 0 Å². The standard InChI is InChI=1S/C10H23N/c1-6-9(11-7-2)8-10(3,4)5/h9,11H,6-8H2,1-5H3. The van der Waals surface area contributed by atoms with E-state index in [0.717, 1.165) is 6.54 Å². The van der Waals surface area contributed by atoms with Gasteiger partial charge in [0.25, 0.3) is 0 Å². The van der Waals surface area contributed by atoms with Gasteiger partial charge >= 0.3 is 0 Å². The third kappa shape index (κ3) is 6.36. The highest BCUT2D eigenvalue weighted by molar-refractivity contribution is 4.72. The van der Waals surface area contributed by atoms with Crippen LogP contribution in [0.5, 0.6) is 0 Å². The fourth-order valence-corrected chi connectivity index (χ4v) is 1.39. The third-order valence-corrected chi connectivity index (χ3v) is 1.84. The minimum Gasteiger partial charge on any atom is -0.314 e. The maximum Gasteiger partial charge on any atom is 0.00693 e. The van der Waals surface area contributed by atoms with Crippen LogP contribution in [0.15, 0.2) is 0 Å². The molecule has 0 fully saturated rings. The van der Waals surface area contributed by atoms with Crippen molar-refractivity contribution in [2.75, 3.05) is 6.54 Å². The van der Waals surface area contributed by atoms with Gasteiger partial charge in [-0.15, -0.1) is 0 Å².